The van der Waals surface area contributed by atoms with E-state index < -0.39 is 0 Å². The van der Waals surface area contributed by atoms with Crippen molar-refractivity contribution in [3.05, 3.63) is 0 Å². The molecule has 0 aromatic heterocycles. The third-order valence-corrected chi connectivity index (χ3v) is 3.19. The molecule has 0 aromatic rings. The Morgan fingerprint density at radius 1 is 1.38 bits per heavy atom. The Balaban J connectivity index is 1.65. The van der Waals surface area contributed by atoms with Crippen LogP contribution < -0.4 is 5.32 Å². The average molecular weight is 183 g/mol. The Morgan fingerprint density at radius 3 is 2.69 bits per heavy atom. The van der Waals surface area contributed by atoms with Crippen molar-refractivity contribution in [1.29, 1.82) is 0 Å². The molecular formula is C11H21NO. The molecule has 1 aliphatic carbocycles. The largest absolute Gasteiger partial charge is 0.377 e. The van der Waals surface area contributed by atoms with Crippen LogP contribution in [-0.4, -0.2) is 25.3 Å². The SMILES string of the molecule is CC(C)C1CC(OCC2CC2)CN1. The number of hydrogen-bond donors (Lipinski definition) is 1. The Morgan fingerprint density at radius 2 is 2.15 bits per heavy atom. The summed E-state index contributed by atoms with van der Waals surface area (Å²) in [5.74, 6) is 1.65. The summed E-state index contributed by atoms with van der Waals surface area (Å²) >= 11 is 0. The van der Waals surface area contributed by atoms with Gasteiger partial charge in [-0.15, -0.1) is 0 Å². The molecule has 76 valence electrons. The summed E-state index contributed by atoms with van der Waals surface area (Å²) in [6.45, 7) is 6.63. The standard InChI is InChI=1S/C11H21NO/c1-8(2)11-5-10(6-12-11)13-7-9-3-4-9/h8-12H,3-7H2,1-2H3. The normalized spacial score (nSPS) is 34.4. The molecule has 1 saturated carbocycles. The maximum Gasteiger partial charge on any atom is 0.0714 e. The van der Waals surface area contributed by atoms with Crippen molar-refractivity contribution in [3.8, 4) is 0 Å². The van der Waals surface area contributed by atoms with Crippen molar-refractivity contribution in [1.82, 2.24) is 5.32 Å². The molecule has 2 rings (SSSR count). The van der Waals surface area contributed by atoms with E-state index in [1.54, 1.807) is 0 Å². The van der Waals surface area contributed by atoms with Crippen LogP contribution in [0.5, 0.6) is 0 Å². The topological polar surface area (TPSA) is 21.3 Å². The summed E-state index contributed by atoms with van der Waals surface area (Å²) in [6, 6.07) is 0.684. The van der Waals surface area contributed by atoms with Gasteiger partial charge in [0.2, 0.25) is 0 Å². The van der Waals surface area contributed by atoms with E-state index in [1.165, 1.54) is 19.3 Å². The number of rotatable bonds is 4. The zero-order valence-electron chi connectivity index (χ0n) is 8.75. The van der Waals surface area contributed by atoms with E-state index in [1.807, 2.05) is 0 Å². The summed E-state index contributed by atoms with van der Waals surface area (Å²) in [6.07, 6.45) is 4.50. The van der Waals surface area contributed by atoms with Gasteiger partial charge in [-0.3, -0.25) is 0 Å². The quantitative estimate of drug-likeness (QED) is 0.717. The molecule has 2 aliphatic rings. The summed E-state index contributed by atoms with van der Waals surface area (Å²) in [5.41, 5.74) is 0. The maximum atomic E-state index is 5.84. The average Bonchev–Trinajstić information content (AvgIpc) is 2.79. The molecule has 1 saturated heterocycles. The van der Waals surface area contributed by atoms with Crippen LogP contribution in [0.15, 0.2) is 0 Å². The summed E-state index contributed by atoms with van der Waals surface area (Å²) in [4.78, 5) is 0. The molecule has 13 heavy (non-hydrogen) atoms. The number of ether oxygens (including phenoxy) is 1. The van der Waals surface area contributed by atoms with Crippen LogP contribution in [0.25, 0.3) is 0 Å². The van der Waals surface area contributed by atoms with Gasteiger partial charge in [0, 0.05) is 19.2 Å². The van der Waals surface area contributed by atoms with Gasteiger partial charge in [0.15, 0.2) is 0 Å². The first-order valence-electron chi connectivity index (χ1n) is 5.60. The molecule has 0 radical (unpaired) electrons. The van der Waals surface area contributed by atoms with Gasteiger partial charge in [-0.05, 0) is 31.1 Å². The first-order valence-corrected chi connectivity index (χ1v) is 5.60. The highest BCUT2D eigenvalue weighted by molar-refractivity contribution is 4.85. The van der Waals surface area contributed by atoms with E-state index in [4.69, 9.17) is 4.74 Å². The molecule has 0 spiro atoms. The highest BCUT2D eigenvalue weighted by Gasteiger charge is 2.29. The Hall–Kier alpha value is -0.0800. The van der Waals surface area contributed by atoms with Gasteiger partial charge in [0.1, 0.15) is 0 Å². The van der Waals surface area contributed by atoms with Crippen LogP contribution >= 0.6 is 0 Å². The predicted molar refractivity (Wildman–Crippen MR) is 53.7 cm³/mol. The van der Waals surface area contributed by atoms with Gasteiger partial charge >= 0.3 is 0 Å². The van der Waals surface area contributed by atoms with Gasteiger partial charge in [0.25, 0.3) is 0 Å². The minimum atomic E-state index is 0.494. The molecule has 0 aromatic carbocycles. The minimum absolute atomic E-state index is 0.494. The lowest BCUT2D eigenvalue weighted by Crippen LogP contribution is -2.26. The van der Waals surface area contributed by atoms with Gasteiger partial charge in [0.05, 0.1) is 6.10 Å². The third kappa shape index (κ3) is 2.68. The van der Waals surface area contributed by atoms with E-state index in [-0.39, 0.29) is 0 Å². The smallest absolute Gasteiger partial charge is 0.0714 e. The Labute approximate surface area is 81.0 Å². The molecule has 1 aliphatic heterocycles. The summed E-state index contributed by atoms with van der Waals surface area (Å²) < 4.78 is 5.84. The molecule has 0 bridgehead atoms. The van der Waals surface area contributed by atoms with Crippen LogP contribution in [0.3, 0.4) is 0 Å². The summed E-state index contributed by atoms with van der Waals surface area (Å²) in [5, 5.41) is 3.53. The molecule has 2 atom stereocenters. The Bertz CT molecular complexity index is 165. The molecule has 2 fully saturated rings. The van der Waals surface area contributed by atoms with E-state index in [0.717, 1.165) is 25.0 Å². The molecule has 1 N–H and O–H groups in total. The molecule has 2 nitrogen and oxygen atoms in total. The lowest BCUT2D eigenvalue weighted by Gasteiger charge is -2.14. The van der Waals surface area contributed by atoms with Crippen molar-refractivity contribution >= 4 is 0 Å². The molecule has 1 heterocycles. The molecule has 2 unspecified atom stereocenters. The van der Waals surface area contributed by atoms with Crippen molar-refractivity contribution in [2.75, 3.05) is 13.2 Å². The number of nitrogens with one attached hydrogen (secondary N) is 1. The van der Waals surface area contributed by atoms with Crippen molar-refractivity contribution in [2.45, 2.75) is 45.3 Å². The van der Waals surface area contributed by atoms with E-state index in [0.29, 0.717) is 12.1 Å². The van der Waals surface area contributed by atoms with Gasteiger partial charge < -0.3 is 10.1 Å². The fourth-order valence-electron chi connectivity index (χ4n) is 1.92. The van der Waals surface area contributed by atoms with Crippen LogP contribution in [0.1, 0.15) is 33.1 Å². The third-order valence-electron chi connectivity index (χ3n) is 3.19. The molecule has 0 amide bonds. The van der Waals surface area contributed by atoms with E-state index in [2.05, 4.69) is 19.2 Å². The van der Waals surface area contributed by atoms with Crippen molar-refractivity contribution in [2.24, 2.45) is 11.8 Å². The first-order chi connectivity index (χ1) is 6.25. The second-order valence-corrected chi connectivity index (χ2v) is 4.89. The molecule has 2 heteroatoms. The van der Waals surface area contributed by atoms with Gasteiger partial charge in [-0.25, -0.2) is 0 Å². The fraction of sp³-hybridized carbons (Fsp3) is 1.00. The molecular weight excluding hydrogens is 162 g/mol. The van der Waals surface area contributed by atoms with Crippen molar-refractivity contribution in [3.63, 3.8) is 0 Å². The van der Waals surface area contributed by atoms with E-state index in [9.17, 15) is 0 Å². The van der Waals surface area contributed by atoms with Crippen LogP contribution in [0.2, 0.25) is 0 Å². The van der Waals surface area contributed by atoms with Crippen molar-refractivity contribution < 1.29 is 4.74 Å². The van der Waals surface area contributed by atoms with Crippen LogP contribution in [0.4, 0.5) is 0 Å². The van der Waals surface area contributed by atoms with Gasteiger partial charge in [-0.1, -0.05) is 13.8 Å². The minimum Gasteiger partial charge on any atom is -0.377 e. The van der Waals surface area contributed by atoms with Crippen LogP contribution in [0, 0.1) is 11.8 Å². The predicted octanol–water partition coefficient (Wildman–Crippen LogP) is 1.80. The Kier molecular flexibility index (Phi) is 2.89. The highest BCUT2D eigenvalue weighted by Crippen LogP contribution is 2.30. The lowest BCUT2D eigenvalue weighted by molar-refractivity contribution is 0.0569. The highest BCUT2D eigenvalue weighted by atomic mass is 16.5. The van der Waals surface area contributed by atoms with Gasteiger partial charge in [-0.2, -0.15) is 0 Å². The maximum absolute atomic E-state index is 5.84. The number of hydrogen-bond acceptors (Lipinski definition) is 2. The second kappa shape index (κ2) is 3.97. The summed E-state index contributed by atoms with van der Waals surface area (Å²) in [7, 11) is 0. The monoisotopic (exact) mass is 183 g/mol. The second-order valence-electron chi connectivity index (χ2n) is 4.89. The van der Waals surface area contributed by atoms with Crippen LogP contribution in [-0.2, 0) is 4.74 Å². The fourth-order valence-corrected chi connectivity index (χ4v) is 1.92. The first kappa shape index (κ1) is 9.47. The zero-order chi connectivity index (χ0) is 9.26. The zero-order valence-corrected chi connectivity index (χ0v) is 8.75. The lowest BCUT2D eigenvalue weighted by atomic mass is 10.0. The van der Waals surface area contributed by atoms with E-state index >= 15 is 0 Å².